The van der Waals surface area contributed by atoms with Crippen molar-refractivity contribution in [1.82, 2.24) is 4.90 Å². The zero-order valence-electron chi connectivity index (χ0n) is 22.3. The molecule has 6 nitrogen and oxygen atoms in total. The molecule has 1 fully saturated rings. The average molecular weight is 652 g/mol. The van der Waals surface area contributed by atoms with Gasteiger partial charge in [0.25, 0.3) is 0 Å². The fraction of sp³-hybridized carbons (Fsp3) is 0.182. The number of amides is 3. The van der Waals surface area contributed by atoms with Gasteiger partial charge in [-0.05, 0) is 64.7 Å². The number of hydrogen-bond acceptors (Lipinski definition) is 4. The number of carbonyl (C=O) groups is 3. The van der Waals surface area contributed by atoms with Gasteiger partial charge in [0.2, 0.25) is 17.7 Å². The van der Waals surface area contributed by atoms with Gasteiger partial charge in [0.1, 0.15) is 21.2 Å². The number of benzene rings is 4. The highest BCUT2D eigenvalue weighted by atomic mass is 35.5. The van der Waals surface area contributed by atoms with Crippen molar-refractivity contribution >= 4 is 69.8 Å². The quantitative estimate of drug-likeness (QED) is 0.171. The van der Waals surface area contributed by atoms with Crippen LogP contribution >= 0.6 is 46.4 Å². The predicted molar refractivity (Wildman–Crippen MR) is 166 cm³/mol. The van der Waals surface area contributed by atoms with Crippen LogP contribution in [0.2, 0.25) is 10.0 Å². The maximum absolute atomic E-state index is 13.9. The van der Waals surface area contributed by atoms with Crippen molar-refractivity contribution < 1.29 is 19.1 Å². The topological polar surface area (TPSA) is 75.7 Å². The lowest BCUT2D eigenvalue weighted by Crippen LogP contribution is -2.57. The van der Waals surface area contributed by atoms with Crippen molar-refractivity contribution in [2.24, 2.45) is 11.8 Å². The SMILES string of the molecule is O=C(CCN1C(=O)[C@H]2[C@H](C1=O)C1(Cl)c3ccccc3C2(Cl)c2ccccc21)Nc1ccc(Oc2ccc(Cl)cc2Cl)cc1. The Hall–Kier alpha value is -3.55. The Labute approximate surface area is 267 Å². The first-order valence-corrected chi connectivity index (χ1v) is 15.1. The molecule has 43 heavy (non-hydrogen) atoms. The molecule has 3 aliphatic carbocycles. The molecule has 2 atom stereocenters. The summed E-state index contributed by atoms with van der Waals surface area (Å²) in [5, 5.41) is 3.67. The molecular weight excluding hydrogens is 630 g/mol. The van der Waals surface area contributed by atoms with Gasteiger partial charge in [-0.2, -0.15) is 0 Å². The van der Waals surface area contributed by atoms with Gasteiger partial charge in [-0.1, -0.05) is 71.7 Å². The number of alkyl halides is 2. The van der Waals surface area contributed by atoms with Crippen LogP contribution in [0.1, 0.15) is 28.7 Å². The second-order valence-corrected chi connectivity index (χ2v) is 12.8. The van der Waals surface area contributed by atoms with Gasteiger partial charge in [0, 0.05) is 23.7 Å². The molecule has 0 saturated carbocycles. The number of likely N-dealkylation sites (tertiary alicyclic amines) is 1. The fourth-order valence-electron chi connectivity index (χ4n) is 6.67. The minimum Gasteiger partial charge on any atom is -0.456 e. The summed E-state index contributed by atoms with van der Waals surface area (Å²) in [6.45, 7) is -0.0978. The highest BCUT2D eigenvalue weighted by molar-refractivity contribution is 6.36. The molecule has 0 unspecified atom stereocenters. The summed E-state index contributed by atoms with van der Waals surface area (Å²) in [6, 6.07) is 26.6. The number of imide groups is 1. The summed E-state index contributed by atoms with van der Waals surface area (Å²) in [5.41, 5.74) is 3.46. The summed E-state index contributed by atoms with van der Waals surface area (Å²) in [6.07, 6.45) is -0.0972. The van der Waals surface area contributed by atoms with Crippen molar-refractivity contribution in [2.75, 3.05) is 11.9 Å². The van der Waals surface area contributed by atoms with Gasteiger partial charge in [0.15, 0.2) is 0 Å². The lowest BCUT2D eigenvalue weighted by atomic mass is 9.54. The van der Waals surface area contributed by atoms with Crippen LogP contribution in [0.25, 0.3) is 0 Å². The van der Waals surface area contributed by atoms with E-state index in [1.54, 1.807) is 42.5 Å². The largest absolute Gasteiger partial charge is 0.456 e. The molecule has 0 radical (unpaired) electrons. The molecule has 1 heterocycles. The number of rotatable bonds is 6. The molecule has 8 rings (SSSR count). The third kappa shape index (κ3) is 4.19. The van der Waals surface area contributed by atoms with E-state index in [1.807, 2.05) is 48.5 Å². The van der Waals surface area contributed by atoms with Gasteiger partial charge in [0.05, 0.1) is 16.9 Å². The van der Waals surface area contributed by atoms with E-state index in [4.69, 9.17) is 51.1 Å². The summed E-state index contributed by atoms with van der Waals surface area (Å²) in [5.74, 6) is -2.04. The van der Waals surface area contributed by atoms with Crippen molar-refractivity contribution in [2.45, 2.75) is 16.2 Å². The van der Waals surface area contributed by atoms with E-state index in [9.17, 15) is 14.4 Å². The second-order valence-electron chi connectivity index (χ2n) is 10.8. The molecule has 10 heteroatoms. The number of anilines is 1. The Morgan fingerprint density at radius 3 is 1.77 bits per heavy atom. The number of carbonyl (C=O) groups excluding carboxylic acids is 3. The highest BCUT2D eigenvalue weighted by Gasteiger charge is 2.72. The van der Waals surface area contributed by atoms with Crippen LogP contribution in [0.3, 0.4) is 0 Å². The van der Waals surface area contributed by atoms with E-state index in [0.717, 1.165) is 27.2 Å². The van der Waals surface area contributed by atoms with E-state index < -0.39 is 33.4 Å². The van der Waals surface area contributed by atoms with Gasteiger partial charge >= 0.3 is 0 Å². The third-order valence-corrected chi connectivity index (χ3v) is 10.3. The monoisotopic (exact) mass is 650 g/mol. The standard InChI is InChI=1S/C33H22Cl4N2O4/c34-18-9-14-26(25(35)17-18)43-20-12-10-19(11-13-20)38-27(40)15-16-39-30(41)28-29(31(39)42)33(37)22-6-2-1-5-21(22)32(28,36)23-7-3-4-8-24(23)33/h1-14,17,28-29H,15-16H2,(H,38,40)/t28-,29-,32?,33?/m1/s1. The summed E-state index contributed by atoms with van der Waals surface area (Å²) < 4.78 is 5.79. The molecule has 216 valence electrons. The predicted octanol–water partition coefficient (Wildman–Crippen LogP) is 7.71. The molecule has 4 aromatic carbocycles. The number of halogens is 4. The van der Waals surface area contributed by atoms with Crippen LogP contribution in [-0.4, -0.2) is 29.2 Å². The van der Waals surface area contributed by atoms with E-state index in [2.05, 4.69) is 5.32 Å². The van der Waals surface area contributed by atoms with Gasteiger partial charge < -0.3 is 10.1 Å². The smallest absolute Gasteiger partial charge is 0.235 e. The van der Waals surface area contributed by atoms with Gasteiger partial charge in [-0.15, -0.1) is 23.2 Å². The lowest BCUT2D eigenvalue weighted by molar-refractivity contribution is -0.140. The van der Waals surface area contributed by atoms with Crippen LogP contribution in [0, 0.1) is 11.8 Å². The van der Waals surface area contributed by atoms with Crippen LogP contribution in [0.5, 0.6) is 11.5 Å². The molecule has 1 N–H and O–H groups in total. The summed E-state index contributed by atoms with van der Waals surface area (Å²) >= 11 is 27.0. The zero-order valence-corrected chi connectivity index (χ0v) is 25.3. The van der Waals surface area contributed by atoms with Crippen LogP contribution in [0.15, 0.2) is 91.0 Å². The lowest BCUT2D eigenvalue weighted by Gasteiger charge is -2.54. The first kappa shape index (κ1) is 28.2. The molecule has 4 aromatic rings. The number of hydrogen-bond donors (Lipinski definition) is 1. The molecule has 3 amide bonds. The van der Waals surface area contributed by atoms with Gasteiger partial charge in [-0.3, -0.25) is 19.3 Å². The van der Waals surface area contributed by atoms with Crippen molar-refractivity contribution in [1.29, 1.82) is 0 Å². The van der Waals surface area contributed by atoms with E-state index >= 15 is 0 Å². The molecular formula is C33H22Cl4N2O4. The normalized spacial score (nSPS) is 24.8. The van der Waals surface area contributed by atoms with Crippen LogP contribution < -0.4 is 10.1 Å². The minimum atomic E-state index is -1.25. The summed E-state index contributed by atoms with van der Waals surface area (Å²) in [7, 11) is 0. The first-order valence-electron chi connectivity index (χ1n) is 13.6. The molecule has 2 bridgehead atoms. The van der Waals surface area contributed by atoms with Crippen LogP contribution in [0.4, 0.5) is 5.69 Å². The average Bonchev–Trinajstić information content (AvgIpc) is 3.27. The Bertz CT molecular complexity index is 1700. The zero-order chi connectivity index (χ0) is 30.1. The minimum absolute atomic E-state index is 0.0972. The number of nitrogens with one attached hydrogen (secondary N) is 1. The van der Waals surface area contributed by atoms with E-state index in [-0.39, 0.29) is 18.9 Å². The van der Waals surface area contributed by atoms with Crippen molar-refractivity contribution in [3.8, 4) is 11.5 Å². The Balaban J connectivity index is 1.08. The van der Waals surface area contributed by atoms with E-state index in [0.29, 0.717) is 27.2 Å². The summed E-state index contributed by atoms with van der Waals surface area (Å²) in [4.78, 5) is 39.4. The Morgan fingerprint density at radius 1 is 0.767 bits per heavy atom. The second kappa shape index (κ2) is 10.3. The number of ether oxygens (including phenoxy) is 1. The Morgan fingerprint density at radius 2 is 1.28 bits per heavy atom. The molecule has 0 aromatic heterocycles. The maximum atomic E-state index is 13.9. The molecule has 4 aliphatic rings. The van der Waals surface area contributed by atoms with Crippen molar-refractivity contribution in [3.05, 3.63) is 123 Å². The molecule has 1 saturated heterocycles. The first-order chi connectivity index (χ1) is 20.6. The molecule has 1 aliphatic heterocycles. The maximum Gasteiger partial charge on any atom is 0.235 e. The van der Waals surface area contributed by atoms with Crippen LogP contribution in [-0.2, 0) is 24.1 Å². The third-order valence-electron chi connectivity index (χ3n) is 8.50. The van der Waals surface area contributed by atoms with Crippen molar-refractivity contribution in [3.63, 3.8) is 0 Å². The fourth-order valence-corrected chi connectivity index (χ4v) is 8.22. The van der Waals surface area contributed by atoms with Gasteiger partial charge in [-0.25, -0.2) is 0 Å². The van der Waals surface area contributed by atoms with E-state index in [1.165, 1.54) is 0 Å². The molecule has 0 spiro atoms. The number of nitrogens with zero attached hydrogens (tertiary/aromatic N) is 1. The highest BCUT2D eigenvalue weighted by Crippen LogP contribution is 2.69. The Kier molecular flexibility index (Phi) is 6.75.